The van der Waals surface area contributed by atoms with Gasteiger partial charge in [0, 0.05) is 26.2 Å². The van der Waals surface area contributed by atoms with Crippen molar-refractivity contribution in [2.45, 2.75) is 6.04 Å². The smallest absolute Gasteiger partial charge is 0.230 e. The highest BCUT2D eigenvalue weighted by molar-refractivity contribution is 7.17. The Balaban J connectivity index is 1.80. The van der Waals surface area contributed by atoms with Gasteiger partial charge < -0.3 is 10.0 Å². The fourth-order valence-corrected chi connectivity index (χ4v) is 4.25. The quantitative estimate of drug-likeness (QED) is 0.785. The number of likely N-dealkylation sites (N-methyl/N-ethyl adjacent to an activating group) is 1. The molecular weight excluding hydrogens is 329 g/mol. The largest absolute Gasteiger partial charge is 0.492 e. The van der Waals surface area contributed by atoms with Crippen LogP contribution in [0.15, 0.2) is 30.6 Å². The molecule has 1 fully saturated rings. The van der Waals surface area contributed by atoms with Crippen molar-refractivity contribution in [1.82, 2.24) is 24.4 Å². The van der Waals surface area contributed by atoms with Crippen molar-refractivity contribution in [2.75, 3.05) is 33.2 Å². The fraction of sp³-hybridized carbons (Fsp3) is 0.375. The van der Waals surface area contributed by atoms with Gasteiger partial charge in [-0.1, -0.05) is 23.5 Å². The third kappa shape index (κ3) is 2.66. The molecule has 3 heterocycles. The Morgan fingerprint density at radius 2 is 2.04 bits per heavy atom. The zero-order chi connectivity index (χ0) is 16.7. The highest BCUT2D eigenvalue weighted by Gasteiger charge is 2.31. The molecule has 1 aromatic carbocycles. The standard InChI is InChI=1S/C16H18FN5OS/c1-20-5-7-21(8-6-20)13(11-3-2-4-12(17)9-11)14-15(23)22-16(24-14)18-10-19-22/h2-4,9-10,13,23H,5-8H2,1H3/t13-/m1/s1. The lowest BCUT2D eigenvalue weighted by molar-refractivity contribution is 0.127. The minimum Gasteiger partial charge on any atom is -0.492 e. The summed E-state index contributed by atoms with van der Waals surface area (Å²) in [5.41, 5.74) is 0.833. The molecule has 4 rings (SSSR count). The van der Waals surface area contributed by atoms with Gasteiger partial charge in [-0.15, -0.1) is 0 Å². The van der Waals surface area contributed by atoms with E-state index in [-0.39, 0.29) is 17.7 Å². The predicted octanol–water partition coefficient (Wildman–Crippen LogP) is 1.97. The summed E-state index contributed by atoms with van der Waals surface area (Å²) in [5, 5.41) is 14.7. The van der Waals surface area contributed by atoms with Crippen LogP contribution in [0.1, 0.15) is 16.5 Å². The summed E-state index contributed by atoms with van der Waals surface area (Å²) in [7, 11) is 2.09. The minimum absolute atomic E-state index is 0.0840. The number of thiazole rings is 1. The summed E-state index contributed by atoms with van der Waals surface area (Å²) in [6.07, 6.45) is 1.42. The molecule has 6 nitrogen and oxygen atoms in total. The molecular formula is C16H18FN5OS. The van der Waals surface area contributed by atoms with Crippen LogP contribution in [0.25, 0.3) is 4.96 Å². The zero-order valence-electron chi connectivity index (χ0n) is 13.3. The molecule has 1 aliphatic rings. The van der Waals surface area contributed by atoms with Crippen LogP contribution >= 0.6 is 11.3 Å². The van der Waals surface area contributed by atoms with Crippen molar-refractivity contribution in [3.8, 4) is 5.88 Å². The third-order valence-electron chi connectivity index (χ3n) is 4.45. The minimum atomic E-state index is -0.273. The van der Waals surface area contributed by atoms with Crippen LogP contribution in [0.2, 0.25) is 0 Å². The van der Waals surface area contributed by atoms with E-state index in [0.29, 0.717) is 4.96 Å². The second kappa shape index (κ2) is 6.12. The van der Waals surface area contributed by atoms with Crippen molar-refractivity contribution in [2.24, 2.45) is 0 Å². The van der Waals surface area contributed by atoms with Gasteiger partial charge in [-0.05, 0) is 24.7 Å². The highest BCUT2D eigenvalue weighted by Crippen LogP contribution is 2.40. The van der Waals surface area contributed by atoms with E-state index in [4.69, 9.17) is 0 Å². The zero-order valence-corrected chi connectivity index (χ0v) is 14.1. The number of aromatic hydroxyl groups is 1. The van der Waals surface area contributed by atoms with Crippen LogP contribution in [-0.2, 0) is 0 Å². The lowest BCUT2D eigenvalue weighted by Gasteiger charge is -2.37. The van der Waals surface area contributed by atoms with E-state index >= 15 is 0 Å². The van der Waals surface area contributed by atoms with Crippen LogP contribution in [0.5, 0.6) is 5.88 Å². The van der Waals surface area contributed by atoms with E-state index < -0.39 is 0 Å². The maximum atomic E-state index is 13.8. The summed E-state index contributed by atoms with van der Waals surface area (Å²) < 4.78 is 15.2. The van der Waals surface area contributed by atoms with Gasteiger partial charge in [0.2, 0.25) is 10.8 Å². The molecule has 0 bridgehead atoms. The number of piperazine rings is 1. The second-order valence-electron chi connectivity index (χ2n) is 6.04. The molecule has 2 aromatic heterocycles. The number of halogens is 1. The van der Waals surface area contributed by atoms with Crippen molar-refractivity contribution in [3.05, 3.63) is 46.9 Å². The summed E-state index contributed by atoms with van der Waals surface area (Å²) >= 11 is 1.40. The Hall–Kier alpha value is -2.03. The first kappa shape index (κ1) is 15.5. The molecule has 1 atom stereocenters. The van der Waals surface area contributed by atoms with E-state index in [1.54, 1.807) is 12.1 Å². The second-order valence-corrected chi connectivity index (χ2v) is 7.05. The maximum Gasteiger partial charge on any atom is 0.230 e. The molecule has 0 aliphatic carbocycles. The number of hydrogen-bond donors (Lipinski definition) is 1. The van der Waals surface area contributed by atoms with Crippen molar-refractivity contribution in [3.63, 3.8) is 0 Å². The summed E-state index contributed by atoms with van der Waals surface area (Å²) in [5.74, 6) is -0.189. The molecule has 24 heavy (non-hydrogen) atoms. The first-order chi connectivity index (χ1) is 11.6. The van der Waals surface area contributed by atoms with Crippen LogP contribution in [0, 0.1) is 5.82 Å². The van der Waals surface area contributed by atoms with E-state index in [0.717, 1.165) is 36.6 Å². The normalized spacial score (nSPS) is 18.2. The Kier molecular flexibility index (Phi) is 3.95. The average molecular weight is 347 g/mol. The lowest BCUT2D eigenvalue weighted by Crippen LogP contribution is -2.46. The molecule has 0 unspecified atom stereocenters. The number of fused-ring (bicyclic) bond motifs is 1. The first-order valence-corrected chi connectivity index (χ1v) is 8.64. The Morgan fingerprint density at radius 1 is 1.25 bits per heavy atom. The Morgan fingerprint density at radius 3 is 2.75 bits per heavy atom. The van der Waals surface area contributed by atoms with Gasteiger partial charge in [-0.3, -0.25) is 4.90 Å². The Bertz CT molecular complexity index is 855. The van der Waals surface area contributed by atoms with Gasteiger partial charge in [0.05, 0.1) is 10.9 Å². The van der Waals surface area contributed by atoms with Gasteiger partial charge >= 0.3 is 0 Å². The van der Waals surface area contributed by atoms with Gasteiger partial charge in [-0.25, -0.2) is 9.37 Å². The highest BCUT2D eigenvalue weighted by atomic mass is 32.1. The summed E-state index contributed by atoms with van der Waals surface area (Å²) in [6, 6.07) is 6.39. The molecule has 1 N–H and O–H groups in total. The molecule has 3 aromatic rings. The number of nitrogens with zero attached hydrogens (tertiary/aromatic N) is 5. The third-order valence-corrected chi connectivity index (χ3v) is 5.54. The maximum absolute atomic E-state index is 13.8. The van der Waals surface area contributed by atoms with Gasteiger partial charge in [0.15, 0.2) is 0 Å². The van der Waals surface area contributed by atoms with E-state index in [1.165, 1.54) is 28.2 Å². The number of hydrogen-bond acceptors (Lipinski definition) is 6. The molecule has 0 saturated carbocycles. The number of benzene rings is 1. The van der Waals surface area contributed by atoms with Crippen molar-refractivity contribution >= 4 is 16.3 Å². The van der Waals surface area contributed by atoms with E-state index in [1.807, 2.05) is 6.07 Å². The van der Waals surface area contributed by atoms with E-state index in [2.05, 4.69) is 26.9 Å². The van der Waals surface area contributed by atoms with Gasteiger partial charge in [0.1, 0.15) is 12.1 Å². The molecule has 0 radical (unpaired) electrons. The lowest BCUT2D eigenvalue weighted by atomic mass is 10.0. The van der Waals surface area contributed by atoms with Crippen LogP contribution < -0.4 is 0 Å². The first-order valence-electron chi connectivity index (χ1n) is 7.83. The molecule has 1 saturated heterocycles. The average Bonchev–Trinajstić information content (AvgIpc) is 3.14. The Labute approximate surface area is 142 Å². The molecule has 126 valence electrons. The molecule has 8 heteroatoms. The van der Waals surface area contributed by atoms with Gasteiger partial charge in [-0.2, -0.15) is 9.61 Å². The summed E-state index contributed by atoms with van der Waals surface area (Å²) in [4.78, 5) is 10.1. The summed E-state index contributed by atoms with van der Waals surface area (Å²) in [6.45, 7) is 3.58. The van der Waals surface area contributed by atoms with E-state index in [9.17, 15) is 9.50 Å². The SMILES string of the molecule is CN1CCN([C@H](c2cccc(F)c2)c2sc3ncnn3c2O)CC1. The van der Waals surface area contributed by atoms with Crippen LogP contribution in [0.3, 0.4) is 0 Å². The van der Waals surface area contributed by atoms with Crippen molar-refractivity contribution in [1.29, 1.82) is 0 Å². The monoisotopic (exact) mass is 347 g/mol. The molecule has 0 spiro atoms. The van der Waals surface area contributed by atoms with Crippen molar-refractivity contribution < 1.29 is 9.50 Å². The number of aromatic nitrogens is 3. The van der Waals surface area contributed by atoms with Gasteiger partial charge in [0.25, 0.3) is 0 Å². The fourth-order valence-electron chi connectivity index (χ4n) is 3.16. The number of rotatable bonds is 3. The van der Waals surface area contributed by atoms with Crippen LogP contribution in [-0.4, -0.2) is 62.7 Å². The topological polar surface area (TPSA) is 56.9 Å². The molecule has 1 aliphatic heterocycles. The predicted molar refractivity (Wildman–Crippen MR) is 89.8 cm³/mol. The molecule has 0 amide bonds. The van der Waals surface area contributed by atoms with Crippen LogP contribution in [0.4, 0.5) is 4.39 Å².